The molecule has 3 heterocycles. The van der Waals surface area contributed by atoms with Gasteiger partial charge in [0.05, 0.1) is 18.2 Å². The highest BCUT2D eigenvalue weighted by Gasteiger charge is 2.11. The highest BCUT2D eigenvalue weighted by atomic mass is 16.5. The first-order valence-corrected chi connectivity index (χ1v) is 5.75. The van der Waals surface area contributed by atoms with Crippen LogP contribution in [0.4, 0.5) is 0 Å². The minimum atomic E-state index is 0.379. The predicted octanol–water partition coefficient (Wildman–Crippen LogP) is 0.689. The molecule has 0 bridgehead atoms. The van der Waals surface area contributed by atoms with E-state index in [0.717, 1.165) is 5.69 Å². The average molecular weight is 260 g/mol. The summed E-state index contributed by atoms with van der Waals surface area (Å²) in [6, 6.07) is 3.54. The van der Waals surface area contributed by atoms with E-state index in [1.807, 2.05) is 13.2 Å². The van der Waals surface area contributed by atoms with Gasteiger partial charge in [0.25, 0.3) is 0 Å². The Morgan fingerprint density at radius 3 is 3.16 bits per heavy atom. The van der Waals surface area contributed by atoms with Crippen molar-refractivity contribution in [2.45, 2.75) is 13.1 Å². The Balaban J connectivity index is 1.72. The van der Waals surface area contributed by atoms with Crippen molar-refractivity contribution < 1.29 is 8.94 Å². The lowest BCUT2D eigenvalue weighted by Crippen LogP contribution is -2.05. The van der Waals surface area contributed by atoms with Gasteiger partial charge in [-0.15, -0.1) is 5.10 Å². The number of hydrogen-bond donors (Lipinski definition) is 1. The van der Waals surface area contributed by atoms with Crippen molar-refractivity contribution >= 4 is 0 Å². The molecule has 0 radical (unpaired) electrons. The monoisotopic (exact) mass is 260 g/mol. The van der Waals surface area contributed by atoms with Crippen LogP contribution in [0.5, 0.6) is 0 Å². The van der Waals surface area contributed by atoms with Gasteiger partial charge in [-0.2, -0.15) is 4.98 Å². The fourth-order valence-corrected chi connectivity index (χ4v) is 1.64. The molecule has 0 aliphatic rings. The highest BCUT2D eigenvalue weighted by molar-refractivity contribution is 5.44. The lowest BCUT2D eigenvalue weighted by Gasteiger charge is -1.92. The van der Waals surface area contributed by atoms with Crippen molar-refractivity contribution in [2.75, 3.05) is 7.05 Å². The molecule has 0 amide bonds. The SMILES string of the molecule is CNCc1cn(Cc2nc(-c3ccco3)no2)nn1. The Morgan fingerprint density at radius 1 is 1.42 bits per heavy atom. The summed E-state index contributed by atoms with van der Waals surface area (Å²) in [4.78, 5) is 4.23. The highest BCUT2D eigenvalue weighted by Crippen LogP contribution is 2.15. The second-order valence-corrected chi connectivity index (χ2v) is 3.93. The van der Waals surface area contributed by atoms with Gasteiger partial charge < -0.3 is 14.3 Å². The topological polar surface area (TPSA) is 94.8 Å². The maximum Gasteiger partial charge on any atom is 0.248 e. The summed E-state index contributed by atoms with van der Waals surface area (Å²) >= 11 is 0. The van der Waals surface area contributed by atoms with Crippen molar-refractivity contribution in [3.8, 4) is 11.6 Å². The number of aromatic nitrogens is 5. The van der Waals surface area contributed by atoms with Crippen LogP contribution in [-0.2, 0) is 13.1 Å². The van der Waals surface area contributed by atoms with E-state index < -0.39 is 0 Å². The lowest BCUT2D eigenvalue weighted by molar-refractivity contribution is 0.363. The van der Waals surface area contributed by atoms with Gasteiger partial charge in [0.1, 0.15) is 6.54 Å². The normalized spacial score (nSPS) is 11.0. The number of furan rings is 1. The van der Waals surface area contributed by atoms with Gasteiger partial charge in [0.15, 0.2) is 5.76 Å². The molecule has 0 aliphatic carbocycles. The summed E-state index contributed by atoms with van der Waals surface area (Å²) < 4.78 is 12.0. The molecule has 98 valence electrons. The first-order chi connectivity index (χ1) is 9.35. The van der Waals surface area contributed by atoms with Gasteiger partial charge in [-0.3, -0.25) is 0 Å². The molecule has 3 rings (SSSR count). The van der Waals surface area contributed by atoms with Crippen molar-refractivity contribution in [1.82, 2.24) is 30.5 Å². The molecule has 0 spiro atoms. The summed E-state index contributed by atoms with van der Waals surface area (Å²) in [6.07, 6.45) is 3.39. The van der Waals surface area contributed by atoms with Gasteiger partial charge in [0, 0.05) is 6.54 Å². The van der Waals surface area contributed by atoms with Crippen LogP contribution < -0.4 is 5.32 Å². The molecular weight excluding hydrogens is 248 g/mol. The zero-order valence-corrected chi connectivity index (χ0v) is 10.3. The molecule has 19 heavy (non-hydrogen) atoms. The van der Waals surface area contributed by atoms with Crippen LogP contribution in [-0.4, -0.2) is 32.2 Å². The second kappa shape index (κ2) is 5.02. The van der Waals surface area contributed by atoms with Crippen LogP contribution >= 0.6 is 0 Å². The van der Waals surface area contributed by atoms with Gasteiger partial charge in [-0.05, 0) is 19.2 Å². The summed E-state index contributed by atoms with van der Waals surface area (Å²) in [7, 11) is 1.85. The molecule has 0 aliphatic heterocycles. The third kappa shape index (κ3) is 2.52. The zero-order chi connectivity index (χ0) is 13.1. The second-order valence-electron chi connectivity index (χ2n) is 3.93. The molecule has 8 nitrogen and oxygen atoms in total. The summed E-state index contributed by atoms with van der Waals surface area (Å²) in [5, 5.41) is 14.8. The smallest absolute Gasteiger partial charge is 0.248 e. The standard InChI is InChI=1S/C11H12N6O2/c1-12-5-8-6-17(16-14-8)7-10-13-11(15-19-10)9-3-2-4-18-9/h2-4,6,12H,5,7H2,1H3. The van der Waals surface area contributed by atoms with Gasteiger partial charge in [-0.1, -0.05) is 10.4 Å². The maximum absolute atomic E-state index is 5.19. The minimum absolute atomic E-state index is 0.379. The van der Waals surface area contributed by atoms with E-state index in [0.29, 0.717) is 30.6 Å². The summed E-state index contributed by atoms with van der Waals surface area (Å²) in [5.41, 5.74) is 0.855. The molecule has 0 fully saturated rings. The van der Waals surface area contributed by atoms with Crippen LogP contribution in [0, 0.1) is 0 Å². The Kier molecular flexibility index (Phi) is 3.07. The molecule has 8 heteroatoms. The van der Waals surface area contributed by atoms with Crippen molar-refractivity contribution in [2.24, 2.45) is 0 Å². The zero-order valence-electron chi connectivity index (χ0n) is 10.3. The van der Waals surface area contributed by atoms with E-state index in [1.54, 1.807) is 23.1 Å². The molecule has 0 saturated carbocycles. The van der Waals surface area contributed by atoms with E-state index in [2.05, 4.69) is 25.8 Å². The van der Waals surface area contributed by atoms with Gasteiger partial charge in [-0.25, -0.2) is 4.68 Å². The van der Waals surface area contributed by atoms with Crippen LogP contribution in [0.15, 0.2) is 33.5 Å². The van der Waals surface area contributed by atoms with Crippen molar-refractivity contribution in [3.63, 3.8) is 0 Å². The number of rotatable bonds is 5. The predicted molar refractivity (Wildman–Crippen MR) is 63.9 cm³/mol. The van der Waals surface area contributed by atoms with E-state index in [-0.39, 0.29) is 0 Å². The van der Waals surface area contributed by atoms with Crippen LogP contribution in [0.3, 0.4) is 0 Å². The van der Waals surface area contributed by atoms with Crippen LogP contribution in [0.25, 0.3) is 11.6 Å². The largest absolute Gasteiger partial charge is 0.461 e. The minimum Gasteiger partial charge on any atom is -0.461 e. The number of nitrogens with one attached hydrogen (secondary N) is 1. The van der Waals surface area contributed by atoms with E-state index >= 15 is 0 Å². The fourth-order valence-electron chi connectivity index (χ4n) is 1.64. The van der Waals surface area contributed by atoms with E-state index in [1.165, 1.54) is 0 Å². The van der Waals surface area contributed by atoms with E-state index in [4.69, 9.17) is 8.94 Å². The Hall–Kier alpha value is -2.48. The summed E-state index contributed by atoms with van der Waals surface area (Å²) in [6.45, 7) is 1.05. The third-order valence-corrected chi connectivity index (χ3v) is 2.45. The Morgan fingerprint density at radius 2 is 2.37 bits per heavy atom. The van der Waals surface area contributed by atoms with Gasteiger partial charge >= 0.3 is 0 Å². The first-order valence-electron chi connectivity index (χ1n) is 5.75. The quantitative estimate of drug-likeness (QED) is 0.721. The maximum atomic E-state index is 5.19. The Bertz CT molecular complexity index is 642. The molecular formula is C11H12N6O2. The van der Waals surface area contributed by atoms with Crippen molar-refractivity contribution in [1.29, 1.82) is 0 Å². The average Bonchev–Trinajstić information content (AvgIpc) is 3.10. The third-order valence-electron chi connectivity index (χ3n) is 2.45. The summed E-state index contributed by atoms with van der Waals surface area (Å²) in [5.74, 6) is 1.45. The first kappa shape index (κ1) is 11.6. The van der Waals surface area contributed by atoms with Gasteiger partial charge in [0.2, 0.25) is 11.7 Å². The number of nitrogens with zero attached hydrogens (tertiary/aromatic N) is 5. The molecule has 0 aromatic carbocycles. The van der Waals surface area contributed by atoms with Crippen molar-refractivity contribution in [3.05, 3.63) is 36.2 Å². The van der Waals surface area contributed by atoms with E-state index in [9.17, 15) is 0 Å². The fraction of sp³-hybridized carbons (Fsp3) is 0.273. The Labute approximate surface area is 108 Å². The lowest BCUT2D eigenvalue weighted by atomic mass is 10.4. The molecule has 0 saturated heterocycles. The van der Waals surface area contributed by atoms with Crippen LogP contribution in [0.1, 0.15) is 11.6 Å². The molecule has 0 atom stereocenters. The molecule has 1 N–H and O–H groups in total. The molecule has 0 unspecified atom stereocenters. The molecule has 3 aromatic rings. The number of hydrogen-bond acceptors (Lipinski definition) is 7. The van der Waals surface area contributed by atoms with Crippen LogP contribution in [0.2, 0.25) is 0 Å². The molecule has 3 aromatic heterocycles.